The van der Waals surface area contributed by atoms with E-state index in [1.807, 2.05) is 12.1 Å². The van der Waals surface area contributed by atoms with Crippen LogP contribution in [0.1, 0.15) is 25.7 Å². The number of anilines is 2. The number of hydrogen-bond acceptors (Lipinski definition) is 5. The average molecular weight is 276 g/mol. The van der Waals surface area contributed by atoms with Gasteiger partial charge in [0.25, 0.3) is 0 Å². The van der Waals surface area contributed by atoms with Crippen LogP contribution in [0.25, 0.3) is 0 Å². The number of nitrogens with two attached hydrogens (primary N) is 1. The number of ether oxygens (including phenoxy) is 1. The van der Waals surface area contributed by atoms with Gasteiger partial charge in [0, 0.05) is 19.1 Å². The second kappa shape index (κ2) is 5.87. The van der Waals surface area contributed by atoms with E-state index in [2.05, 4.69) is 22.2 Å². The van der Waals surface area contributed by atoms with Crippen LogP contribution >= 0.6 is 0 Å². The Kier molecular flexibility index (Phi) is 3.96. The van der Waals surface area contributed by atoms with Gasteiger partial charge in [-0.3, -0.25) is 0 Å². The van der Waals surface area contributed by atoms with E-state index in [9.17, 15) is 0 Å². The fraction of sp³-hybridized carbons (Fsp3) is 0.667. The van der Waals surface area contributed by atoms with E-state index in [4.69, 9.17) is 10.5 Å². The highest BCUT2D eigenvalue weighted by Crippen LogP contribution is 2.30. The first kappa shape index (κ1) is 13.5. The van der Waals surface area contributed by atoms with Gasteiger partial charge in [0.15, 0.2) is 0 Å². The molecule has 1 heterocycles. The quantitative estimate of drug-likeness (QED) is 0.760. The number of nitrogens with one attached hydrogen (secondary N) is 1. The van der Waals surface area contributed by atoms with Crippen LogP contribution in [-0.4, -0.2) is 42.7 Å². The summed E-state index contributed by atoms with van der Waals surface area (Å²) in [6, 6.07) is 4.58. The Hall–Kier alpha value is -1.49. The molecule has 0 amide bonds. The molecule has 0 bridgehead atoms. The van der Waals surface area contributed by atoms with Crippen LogP contribution in [0.2, 0.25) is 0 Å². The zero-order valence-electron chi connectivity index (χ0n) is 12.1. The lowest BCUT2D eigenvalue weighted by atomic mass is 10.4. The van der Waals surface area contributed by atoms with Gasteiger partial charge >= 0.3 is 0 Å². The topological polar surface area (TPSA) is 63.4 Å². The molecule has 5 nitrogen and oxygen atoms in total. The smallest absolute Gasteiger partial charge is 0.239 e. The highest BCUT2D eigenvalue weighted by atomic mass is 16.5. The number of aromatic nitrogens is 1. The number of likely N-dealkylation sites (N-methyl/N-ethyl adjacent to an activating group) is 1. The van der Waals surface area contributed by atoms with Crippen LogP contribution in [0.4, 0.5) is 11.5 Å². The maximum Gasteiger partial charge on any atom is 0.239 e. The minimum Gasteiger partial charge on any atom is -0.476 e. The van der Waals surface area contributed by atoms with Gasteiger partial charge in [-0.2, -0.15) is 4.98 Å². The second-order valence-corrected chi connectivity index (χ2v) is 5.98. The highest BCUT2D eigenvalue weighted by molar-refractivity contribution is 5.53. The van der Waals surface area contributed by atoms with Crippen molar-refractivity contribution < 1.29 is 4.74 Å². The van der Waals surface area contributed by atoms with Gasteiger partial charge < -0.3 is 20.7 Å². The number of rotatable bonds is 8. The lowest BCUT2D eigenvalue weighted by Crippen LogP contribution is -2.27. The van der Waals surface area contributed by atoms with Gasteiger partial charge in [-0.1, -0.05) is 0 Å². The molecule has 0 unspecified atom stereocenters. The maximum absolute atomic E-state index is 5.90. The summed E-state index contributed by atoms with van der Waals surface area (Å²) < 4.78 is 5.69. The molecule has 20 heavy (non-hydrogen) atoms. The van der Waals surface area contributed by atoms with Gasteiger partial charge in [0.1, 0.15) is 5.82 Å². The van der Waals surface area contributed by atoms with E-state index in [0.717, 1.165) is 31.6 Å². The predicted octanol–water partition coefficient (Wildman–Crippen LogP) is 1.96. The Morgan fingerprint density at radius 2 is 2.15 bits per heavy atom. The molecule has 2 fully saturated rings. The van der Waals surface area contributed by atoms with E-state index >= 15 is 0 Å². The van der Waals surface area contributed by atoms with Crippen molar-refractivity contribution in [3.63, 3.8) is 0 Å². The normalized spacial score (nSPS) is 18.3. The van der Waals surface area contributed by atoms with E-state index < -0.39 is 0 Å². The van der Waals surface area contributed by atoms with Crippen molar-refractivity contribution in [2.75, 3.05) is 37.8 Å². The molecule has 0 aliphatic heterocycles. The Bertz CT molecular complexity index is 457. The molecule has 2 aliphatic carbocycles. The maximum atomic E-state index is 5.90. The number of hydrogen-bond donors (Lipinski definition) is 2. The SMILES string of the molecule is CN(CCNc1ccc(N)c(OCC2CC2)n1)C1CC1. The standard InChI is InChI=1S/C15H24N4O/c1-19(12-4-5-12)9-8-17-14-7-6-13(16)15(18-14)20-10-11-2-3-11/h6-7,11-12H,2-5,8-10,16H2,1H3,(H,17,18). The summed E-state index contributed by atoms with van der Waals surface area (Å²) in [6.45, 7) is 2.67. The first-order valence-corrected chi connectivity index (χ1v) is 7.56. The van der Waals surface area contributed by atoms with Crippen molar-refractivity contribution in [1.82, 2.24) is 9.88 Å². The van der Waals surface area contributed by atoms with Crippen molar-refractivity contribution >= 4 is 11.5 Å². The summed E-state index contributed by atoms with van der Waals surface area (Å²) in [7, 11) is 2.18. The third-order valence-corrected chi connectivity index (χ3v) is 3.98. The molecule has 5 heteroatoms. The second-order valence-electron chi connectivity index (χ2n) is 5.98. The summed E-state index contributed by atoms with van der Waals surface area (Å²) in [5.74, 6) is 2.12. The van der Waals surface area contributed by atoms with Gasteiger partial charge in [-0.05, 0) is 50.8 Å². The van der Waals surface area contributed by atoms with E-state index in [0.29, 0.717) is 17.5 Å². The summed E-state index contributed by atoms with van der Waals surface area (Å²) >= 11 is 0. The number of pyridine rings is 1. The van der Waals surface area contributed by atoms with E-state index in [1.165, 1.54) is 25.7 Å². The number of nitrogen functional groups attached to an aromatic ring is 1. The van der Waals surface area contributed by atoms with Crippen molar-refractivity contribution in [3.8, 4) is 5.88 Å². The van der Waals surface area contributed by atoms with Gasteiger partial charge in [-0.15, -0.1) is 0 Å². The summed E-state index contributed by atoms with van der Waals surface area (Å²) in [5, 5.41) is 3.34. The molecular weight excluding hydrogens is 252 g/mol. The molecule has 0 spiro atoms. The third kappa shape index (κ3) is 3.76. The highest BCUT2D eigenvalue weighted by Gasteiger charge is 2.25. The average Bonchev–Trinajstić information content (AvgIpc) is 3.30. The molecule has 0 saturated heterocycles. The molecule has 0 radical (unpaired) electrons. The zero-order chi connectivity index (χ0) is 13.9. The Morgan fingerprint density at radius 3 is 2.85 bits per heavy atom. The van der Waals surface area contributed by atoms with Crippen molar-refractivity contribution in [3.05, 3.63) is 12.1 Å². The lowest BCUT2D eigenvalue weighted by Gasteiger charge is -2.16. The van der Waals surface area contributed by atoms with Gasteiger partial charge in [-0.25, -0.2) is 0 Å². The molecule has 110 valence electrons. The van der Waals surface area contributed by atoms with Crippen molar-refractivity contribution in [1.29, 1.82) is 0 Å². The fourth-order valence-electron chi connectivity index (χ4n) is 2.20. The van der Waals surface area contributed by atoms with Crippen LogP contribution in [0.5, 0.6) is 5.88 Å². The van der Waals surface area contributed by atoms with Crippen LogP contribution in [0.3, 0.4) is 0 Å². The molecule has 0 atom stereocenters. The molecule has 0 aromatic carbocycles. The minimum atomic E-state index is 0.567. The largest absolute Gasteiger partial charge is 0.476 e. The van der Waals surface area contributed by atoms with Crippen LogP contribution in [-0.2, 0) is 0 Å². The van der Waals surface area contributed by atoms with Crippen LogP contribution in [0, 0.1) is 5.92 Å². The predicted molar refractivity (Wildman–Crippen MR) is 81.0 cm³/mol. The zero-order valence-corrected chi connectivity index (χ0v) is 12.1. The molecule has 3 rings (SSSR count). The number of nitrogens with zero attached hydrogens (tertiary/aromatic N) is 2. The molecular formula is C15H24N4O. The molecule has 2 aliphatic rings. The van der Waals surface area contributed by atoms with Crippen LogP contribution < -0.4 is 15.8 Å². The van der Waals surface area contributed by atoms with Gasteiger partial charge in [0.05, 0.1) is 12.3 Å². The fourth-order valence-corrected chi connectivity index (χ4v) is 2.20. The Morgan fingerprint density at radius 1 is 1.35 bits per heavy atom. The van der Waals surface area contributed by atoms with E-state index in [1.54, 1.807) is 0 Å². The summed E-state index contributed by atoms with van der Waals surface area (Å²) in [4.78, 5) is 6.85. The first-order valence-electron chi connectivity index (χ1n) is 7.56. The first-order chi connectivity index (χ1) is 9.72. The summed E-state index contributed by atoms with van der Waals surface area (Å²) in [5.41, 5.74) is 6.51. The van der Waals surface area contributed by atoms with Crippen molar-refractivity contribution in [2.45, 2.75) is 31.7 Å². The molecule has 2 saturated carbocycles. The van der Waals surface area contributed by atoms with Gasteiger partial charge in [0.2, 0.25) is 5.88 Å². The molecule has 1 aromatic heterocycles. The lowest BCUT2D eigenvalue weighted by molar-refractivity contribution is 0.290. The molecule has 3 N–H and O–H groups in total. The van der Waals surface area contributed by atoms with E-state index in [-0.39, 0.29) is 0 Å². The van der Waals surface area contributed by atoms with Crippen LogP contribution in [0.15, 0.2) is 12.1 Å². The molecule has 1 aromatic rings. The monoisotopic (exact) mass is 276 g/mol. The Labute approximate surface area is 120 Å². The minimum absolute atomic E-state index is 0.567. The summed E-state index contributed by atoms with van der Waals surface area (Å²) in [6.07, 6.45) is 5.22. The Balaban J connectivity index is 1.48. The third-order valence-electron chi connectivity index (χ3n) is 3.98. The van der Waals surface area contributed by atoms with Crippen molar-refractivity contribution in [2.24, 2.45) is 5.92 Å².